The lowest BCUT2D eigenvalue weighted by Crippen LogP contribution is -2.35. The maximum atomic E-state index is 5.81. The van der Waals surface area contributed by atoms with Gasteiger partial charge in [0.15, 0.2) is 0 Å². The molecule has 3 N–H and O–H groups in total. The number of nitrogens with two attached hydrogens (primary N) is 1. The average Bonchev–Trinajstić information content (AvgIpc) is 2.01. The molecule has 1 aromatic rings. The monoisotopic (exact) mass is 178 g/mol. The highest BCUT2D eigenvalue weighted by Crippen LogP contribution is 2.11. The lowest BCUT2D eigenvalue weighted by atomic mass is 10.1. The summed E-state index contributed by atoms with van der Waals surface area (Å²) in [5.74, 6) is 0. The minimum atomic E-state index is 0.141. The van der Waals surface area contributed by atoms with Crippen molar-refractivity contribution in [2.24, 2.45) is 0 Å². The molecule has 0 atom stereocenters. The maximum Gasteiger partial charge on any atom is 0.0359 e. The molecule has 13 heavy (non-hydrogen) atoms. The van der Waals surface area contributed by atoms with Crippen molar-refractivity contribution in [1.82, 2.24) is 5.32 Å². The van der Waals surface area contributed by atoms with Crippen LogP contribution in [0.15, 0.2) is 24.3 Å². The Kier molecular flexibility index (Phi) is 2.94. The summed E-state index contributed by atoms with van der Waals surface area (Å²) in [6.07, 6.45) is 0. The number of benzene rings is 1. The van der Waals surface area contributed by atoms with Crippen LogP contribution in [0.3, 0.4) is 0 Å². The quantitative estimate of drug-likeness (QED) is 0.681. The molecule has 0 spiro atoms. The molecule has 0 unspecified atom stereocenters. The molecule has 0 saturated carbocycles. The molecule has 0 bridgehead atoms. The number of nitrogens with one attached hydrogen (secondary N) is 1. The summed E-state index contributed by atoms with van der Waals surface area (Å²) in [5.41, 5.74) is 7.98. The van der Waals surface area contributed by atoms with Gasteiger partial charge in [-0.05, 0) is 32.4 Å². The van der Waals surface area contributed by atoms with Crippen molar-refractivity contribution in [1.29, 1.82) is 0 Å². The Bertz CT molecular complexity index is 274. The SMILES string of the molecule is CC(C)(C)NCc1ccccc1N. The summed E-state index contributed by atoms with van der Waals surface area (Å²) in [6, 6.07) is 7.94. The number of hydrogen-bond donors (Lipinski definition) is 2. The van der Waals surface area contributed by atoms with Crippen LogP contribution in [0.4, 0.5) is 5.69 Å². The zero-order valence-electron chi connectivity index (χ0n) is 8.59. The molecule has 2 nitrogen and oxygen atoms in total. The molecule has 1 aromatic carbocycles. The van der Waals surface area contributed by atoms with Gasteiger partial charge in [-0.15, -0.1) is 0 Å². The van der Waals surface area contributed by atoms with Crippen LogP contribution >= 0.6 is 0 Å². The predicted molar refractivity (Wildman–Crippen MR) is 57.4 cm³/mol. The molecule has 0 amide bonds. The third-order valence-corrected chi connectivity index (χ3v) is 1.86. The Hall–Kier alpha value is -1.02. The van der Waals surface area contributed by atoms with E-state index in [2.05, 4.69) is 26.1 Å². The zero-order valence-corrected chi connectivity index (χ0v) is 8.59. The zero-order chi connectivity index (χ0) is 9.90. The summed E-state index contributed by atoms with van der Waals surface area (Å²) in [5, 5.41) is 3.40. The number of nitrogen functional groups attached to an aromatic ring is 1. The molecular weight excluding hydrogens is 160 g/mol. The molecular formula is C11H18N2. The van der Waals surface area contributed by atoms with Crippen LogP contribution in [0.25, 0.3) is 0 Å². The van der Waals surface area contributed by atoms with Crippen LogP contribution in [0, 0.1) is 0 Å². The third-order valence-electron chi connectivity index (χ3n) is 1.86. The first kappa shape index (κ1) is 10.1. The Morgan fingerprint density at radius 3 is 2.38 bits per heavy atom. The molecule has 0 aliphatic carbocycles. The van der Waals surface area contributed by atoms with Crippen LogP contribution in [0.2, 0.25) is 0 Å². The van der Waals surface area contributed by atoms with Gasteiger partial charge in [-0.25, -0.2) is 0 Å². The van der Waals surface area contributed by atoms with Crippen molar-refractivity contribution in [3.63, 3.8) is 0 Å². The van der Waals surface area contributed by atoms with Crippen molar-refractivity contribution in [2.75, 3.05) is 5.73 Å². The fraction of sp³-hybridized carbons (Fsp3) is 0.455. The molecule has 1 rings (SSSR count). The summed E-state index contributed by atoms with van der Waals surface area (Å²) >= 11 is 0. The second-order valence-electron chi connectivity index (χ2n) is 4.30. The van der Waals surface area contributed by atoms with Gasteiger partial charge in [0.05, 0.1) is 0 Å². The number of para-hydroxylation sites is 1. The van der Waals surface area contributed by atoms with E-state index in [1.807, 2.05) is 24.3 Å². The first-order chi connectivity index (χ1) is 5.99. The van der Waals surface area contributed by atoms with Gasteiger partial charge in [0.2, 0.25) is 0 Å². The van der Waals surface area contributed by atoms with Crippen molar-refractivity contribution in [2.45, 2.75) is 32.9 Å². The summed E-state index contributed by atoms with van der Waals surface area (Å²) in [6.45, 7) is 7.26. The van der Waals surface area contributed by atoms with Crippen molar-refractivity contribution in [3.05, 3.63) is 29.8 Å². The average molecular weight is 178 g/mol. The van der Waals surface area contributed by atoms with E-state index in [-0.39, 0.29) is 5.54 Å². The van der Waals surface area contributed by atoms with E-state index in [9.17, 15) is 0 Å². The smallest absolute Gasteiger partial charge is 0.0359 e. The van der Waals surface area contributed by atoms with Gasteiger partial charge in [-0.1, -0.05) is 18.2 Å². The highest BCUT2D eigenvalue weighted by molar-refractivity contribution is 5.46. The van der Waals surface area contributed by atoms with Gasteiger partial charge in [0.25, 0.3) is 0 Å². The van der Waals surface area contributed by atoms with E-state index in [1.54, 1.807) is 0 Å². The molecule has 0 radical (unpaired) electrons. The van der Waals surface area contributed by atoms with E-state index in [0.717, 1.165) is 17.8 Å². The minimum Gasteiger partial charge on any atom is -0.398 e. The first-order valence-corrected chi connectivity index (χ1v) is 4.57. The highest BCUT2D eigenvalue weighted by Gasteiger charge is 2.08. The molecule has 2 heteroatoms. The molecule has 0 aliphatic heterocycles. The molecule has 0 aromatic heterocycles. The third kappa shape index (κ3) is 3.47. The van der Waals surface area contributed by atoms with Gasteiger partial charge in [0, 0.05) is 17.8 Å². The molecule has 72 valence electrons. The number of anilines is 1. The largest absolute Gasteiger partial charge is 0.398 e. The van der Waals surface area contributed by atoms with E-state index >= 15 is 0 Å². The van der Waals surface area contributed by atoms with Crippen molar-refractivity contribution in [3.8, 4) is 0 Å². The van der Waals surface area contributed by atoms with Gasteiger partial charge in [-0.3, -0.25) is 0 Å². The van der Waals surface area contributed by atoms with Crippen LogP contribution in [-0.2, 0) is 6.54 Å². The van der Waals surface area contributed by atoms with Crippen molar-refractivity contribution >= 4 is 5.69 Å². The molecule has 0 fully saturated rings. The van der Waals surface area contributed by atoms with Gasteiger partial charge >= 0.3 is 0 Å². The Balaban J connectivity index is 2.60. The maximum absolute atomic E-state index is 5.81. The van der Waals surface area contributed by atoms with Crippen LogP contribution in [0.5, 0.6) is 0 Å². The van der Waals surface area contributed by atoms with Crippen LogP contribution in [0.1, 0.15) is 26.3 Å². The minimum absolute atomic E-state index is 0.141. The predicted octanol–water partition coefficient (Wildman–Crippen LogP) is 2.16. The highest BCUT2D eigenvalue weighted by atomic mass is 14.9. The topological polar surface area (TPSA) is 38.0 Å². The summed E-state index contributed by atoms with van der Waals surface area (Å²) in [4.78, 5) is 0. The summed E-state index contributed by atoms with van der Waals surface area (Å²) in [7, 11) is 0. The van der Waals surface area contributed by atoms with Crippen molar-refractivity contribution < 1.29 is 0 Å². The Morgan fingerprint density at radius 2 is 1.85 bits per heavy atom. The van der Waals surface area contributed by atoms with E-state index in [1.165, 1.54) is 0 Å². The first-order valence-electron chi connectivity index (χ1n) is 4.57. The summed E-state index contributed by atoms with van der Waals surface area (Å²) < 4.78 is 0. The van der Waals surface area contributed by atoms with E-state index in [4.69, 9.17) is 5.73 Å². The lowest BCUT2D eigenvalue weighted by molar-refractivity contribution is 0.424. The Labute approximate surface area is 80.1 Å². The number of hydrogen-bond acceptors (Lipinski definition) is 2. The normalized spacial score (nSPS) is 11.6. The van der Waals surface area contributed by atoms with Crippen LogP contribution in [-0.4, -0.2) is 5.54 Å². The van der Waals surface area contributed by atoms with E-state index < -0.39 is 0 Å². The molecule has 0 heterocycles. The van der Waals surface area contributed by atoms with E-state index in [0.29, 0.717) is 0 Å². The lowest BCUT2D eigenvalue weighted by Gasteiger charge is -2.21. The molecule has 0 saturated heterocycles. The second-order valence-corrected chi connectivity index (χ2v) is 4.30. The Morgan fingerprint density at radius 1 is 1.23 bits per heavy atom. The second kappa shape index (κ2) is 3.79. The fourth-order valence-corrected chi connectivity index (χ4v) is 1.06. The van der Waals surface area contributed by atoms with Gasteiger partial charge in [-0.2, -0.15) is 0 Å². The number of rotatable bonds is 2. The van der Waals surface area contributed by atoms with Gasteiger partial charge in [0.1, 0.15) is 0 Å². The van der Waals surface area contributed by atoms with Gasteiger partial charge < -0.3 is 11.1 Å². The standard InChI is InChI=1S/C11H18N2/c1-11(2,3)13-8-9-6-4-5-7-10(9)12/h4-7,13H,8,12H2,1-3H3. The fourth-order valence-electron chi connectivity index (χ4n) is 1.06. The molecule has 0 aliphatic rings. The van der Waals surface area contributed by atoms with Crippen LogP contribution < -0.4 is 11.1 Å².